The number of sulfonamides is 1. The maximum absolute atomic E-state index is 13.1. The van der Waals surface area contributed by atoms with Crippen LogP contribution in [0.3, 0.4) is 0 Å². The highest BCUT2D eigenvalue weighted by molar-refractivity contribution is 7.90. The molecule has 0 spiro atoms. The first-order valence-electron chi connectivity index (χ1n) is 8.36. The van der Waals surface area contributed by atoms with Crippen molar-refractivity contribution in [2.75, 3.05) is 20.4 Å². The fraction of sp³-hybridized carbons (Fsp3) is 0.316. The van der Waals surface area contributed by atoms with Crippen LogP contribution in [0, 0.1) is 6.92 Å². The fourth-order valence-corrected chi connectivity index (χ4v) is 4.93. The van der Waals surface area contributed by atoms with Gasteiger partial charge in [-0.15, -0.1) is 0 Å². The molecule has 0 heterocycles. The topological polar surface area (TPSA) is 97.8 Å². The van der Waals surface area contributed by atoms with Crippen molar-refractivity contribution in [3.63, 3.8) is 0 Å². The maximum Gasteiger partial charge on any atom is 0.337 e. The summed E-state index contributed by atoms with van der Waals surface area (Å²) in [6.07, 6.45) is 1.11. The predicted molar refractivity (Wildman–Crippen MR) is 105 cm³/mol. The molecule has 28 heavy (non-hydrogen) atoms. The zero-order valence-corrected chi connectivity index (χ0v) is 18.0. The lowest BCUT2D eigenvalue weighted by Crippen LogP contribution is -2.30. The first-order valence-corrected chi connectivity index (χ1v) is 11.7. The van der Waals surface area contributed by atoms with Gasteiger partial charge in [-0.2, -0.15) is 4.31 Å². The van der Waals surface area contributed by atoms with Crippen LogP contribution in [0.2, 0.25) is 0 Å². The lowest BCUT2D eigenvalue weighted by Gasteiger charge is -2.25. The third kappa shape index (κ3) is 4.43. The van der Waals surface area contributed by atoms with E-state index >= 15 is 0 Å². The van der Waals surface area contributed by atoms with Gasteiger partial charge in [0.15, 0.2) is 9.84 Å². The van der Waals surface area contributed by atoms with Gasteiger partial charge in [0.1, 0.15) is 0 Å². The van der Waals surface area contributed by atoms with E-state index in [-0.39, 0.29) is 15.4 Å². The molecule has 0 aromatic heterocycles. The molecule has 9 heteroatoms. The highest BCUT2D eigenvalue weighted by Crippen LogP contribution is 2.28. The average molecular weight is 426 g/mol. The average Bonchev–Trinajstić information content (AvgIpc) is 2.65. The largest absolute Gasteiger partial charge is 0.465 e. The van der Waals surface area contributed by atoms with Crippen molar-refractivity contribution in [1.82, 2.24) is 4.31 Å². The number of hydrogen-bond acceptors (Lipinski definition) is 6. The molecule has 152 valence electrons. The van der Waals surface area contributed by atoms with Crippen molar-refractivity contribution in [2.24, 2.45) is 0 Å². The summed E-state index contributed by atoms with van der Waals surface area (Å²) in [6.45, 7) is 3.32. The van der Waals surface area contributed by atoms with Crippen molar-refractivity contribution in [1.29, 1.82) is 0 Å². The predicted octanol–water partition coefficient (Wildman–Crippen LogP) is 2.57. The molecular formula is C19H23NO6S2. The highest BCUT2D eigenvalue weighted by atomic mass is 32.2. The first kappa shape index (κ1) is 22.1. The van der Waals surface area contributed by atoms with Crippen LogP contribution < -0.4 is 0 Å². The van der Waals surface area contributed by atoms with Crippen LogP contribution in [0.5, 0.6) is 0 Å². The molecule has 0 aliphatic heterocycles. The molecule has 1 unspecified atom stereocenters. The summed E-state index contributed by atoms with van der Waals surface area (Å²) >= 11 is 0. The summed E-state index contributed by atoms with van der Waals surface area (Å²) in [5, 5.41) is 0. The summed E-state index contributed by atoms with van der Waals surface area (Å²) in [6, 6.07) is 9.84. The molecule has 0 fully saturated rings. The number of aryl methyl sites for hydroxylation is 1. The Kier molecular flexibility index (Phi) is 6.32. The van der Waals surface area contributed by atoms with Crippen molar-refractivity contribution in [3.8, 4) is 0 Å². The Morgan fingerprint density at radius 2 is 1.61 bits per heavy atom. The molecular weight excluding hydrogens is 402 g/mol. The molecule has 2 rings (SSSR count). The summed E-state index contributed by atoms with van der Waals surface area (Å²) in [5.41, 5.74) is 1.35. The van der Waals surface area contributed by atoms with Gasteiger partial charge in [-0.3, -0.25) is 0 Å². The standard InChI is InChI=1S/C19H23NO6S2/c1-13-12-16(19(21)26-4)8-11-18(13)28(24,25)20(3)14(2)15-6-9-17(10-7-15)27(5,22)23/h6-12,14H,1-5H3. The maximum atomic E-state index is 13.1. The minimum atomic E-state index is -3.84. The Labute approximate surface area is 165 Å². The Morgan fingerprint density at radius 3 is 2.07 bits per heavy atom. The number of methoxy groups -OCH3 is 1. The number of rotatable bonds is 6. The van der Waals surface area contributed by atoms with Gasteiger partial charge in [-0.1, -0.05) is 12.1 Å². The van der Waals surface area contributed by atoms with E-state index in [0.717, 1.165) is 6.26 Å². The molecule has 0 aliphatic rings. The van der Waals surface area contributed by atoms with E-state index in [1.807, 2.05) is 0 Å². The van der Waals surface area contributed by atoms with E-state index in [2.05, 4.69) is 4.74 Å². The summed E-state index contributed by atoms with van der Waals surface area (Å²) in [7, 11) is -4.45. The van der Waals surface area contributed by atoms with Crippen LogP contribution >= 0.6 is 0 Å². The van der Waals surface area contributed by atoms with Crippen LogP contribution in [-0.2, 0) is 24.6 Å². The van der Waals surface area contributed by atoms with Crippen molar-refractivity contribution < 1.29 is 26.4 Å². The molecule has 0 bridgehead atoms. The van der Waals surface area contributed by atoms with Crippen LogP contribution in [0.1, 0.15) is 34.5 Å². The number of nitrogens with zero attached hydrogens (tertiary/aromatic N) is 1. The van der Waals surface area contributed by atoms with Crippen molar-refractivity contribution >= 4 is 25.8 Å². The molecule has 2 aromatic carbocycles. The van der Waals surface area contributed by atoms with Gasteiger partial charge in [-0.25, -0.2) is 21.6 Å². The quantitative estimate of drug-likeness (QED) is 0.660. The second-order valence-electron chi connectivity index (χ2n) is 6.51. The molecule has 0 N–H and O–H groups in total. The number of esters is 1. The van der Waals surface area contributed by atoms with Gasteiger partial charge in [0.05, 0.1) is 22.5 Å². The first-order chi connectivity index (χ1) is 12.9. The molecule has 2 aromatic rings. The number of benzene rings is 2. The van der Waals surface area contributed by atoms with Crippen LogP contribution in [0.15, 0.2) is 52.3 Å². The number of hydrogen-bond donors (Lipinski definition) is 0. The Hall–Kier alpha value is -2.23. The van der Waals surface area contributed by atoms with Gasteiger partial charge < -0.3 is 4.74 Å². The van der Waals surface area contributed by atoms with E-state index in [4.69, 9.17) is 0 Å². The SMILES string of the molecule is COC(=O)c1ccc(S(=O)(=O)N(C)C(C)c2ccc(S(C)(=O)=O)cc2)c(C)c1. The van der Waals surface area contributed by atoms with Gasteiger partial charge in [0, 0.05) is 19.3 Å². The van der Waals surface area contributed by atoms with Gasteiger partial charge in [0.25, 0.3) is 0 Å². The molecule has 0 amide bonds. The minimum absolute atomic E-state index is 0.0854. The number of carbonyl (C=O) groups is 1. The molecule has 0 aliphatic carbocycles. The third-order valence-electron chi connectivity index (χ3n) is 4.59. The highest BCUT2D eigenvalue weighted by Gasteiger charge is 2.28. The van der Waals surface area contributed by atoms with Crippen LogP contribution in [0.25, 0.3) is 0 Å². The minimum Gasteiger partial charge on any atom is -0.465 e. The Balaban J connectivity index is 2.36. The Morgan fingerprint density at radius 1 is 1.04 bits per heavy atom. The second-order valence-corrected chi connectivity index (χ2v) is 10.5. The lowest BCUT2D eigenvalue weighted by molar-refractivity contribution is 0.0600. The zero-order chi connectivity index (χ0) is 21.3. The number of ether oxygens (including phenoxy) is 1. The Bertz CT molecular complexity index is 1090. The monoisotopic (exact) mass is 425 g/mol. The number of carbonyl (C=O) groups excluding carboxylic acids is 1. The molecule has 0 saturated heterocycles. The lowest BCUT2D eigenvalue weighted by atomic mass is 10.1. The molecule has 0 radical (unpaired) electrons. The summed E-state index contributed by atoms with van der Waals surface area (Å²) < 4.78 is 55.2. The van der Waals surface area contributed by atoms with E-state index in [0.29, 0.717) is 11.1 Å². The second kappa shape index (κ2) is 8.02. The van der Waals surface area contributed by atoms with E-state index in [1.165, 1.54) is 48.8 Å². The normalized spacial score (nSPS) is 13.4. The fourth-order valence-electron chi connectivity index (χ4n) is 2.75. The van der Waals surface area contributed by atoms with E-state index in [9.17, 15) is 21.6 Å². The third-order valence-corrected chi connectivity index (χ3v) is 7.81. The summed E-state index contributed by atoms with van der Waals surface area (Å²) in [5.74, 6) is -0.542. The van der Waals surface area contributed by atoms with Crippen LogP contribution in [0.4, 0.5) is 0 Å². The zero-order valence-electron chi connectivity index (χ0n) is 16.3. The summed E-state index contributed by atoms with van der Waals surface area (Å²) in [4.78, 5) is 11.9. The molecule has 1 atom stereocenters. The molecule has 7 nitrogen and oxygen atoms in total. The van der Waals surface area contributed by atoms with Gasteiger partial charge in [-0.05, 0) is 55.3 Å². The smallest absolute Gasteiger partial charge is 0.337 e. The van der Waals surface area contributed by atoms with Crippen molar-refractivity contribution in [2.45, 2.75) is 29.7 Å². The van der Waals surface area contributed by atoms with E-state index < -0.39 is 31.9 Å². The van der Waals surface area contributed by atoms with Gasteiger partial charge in [0.2, 0.25) is 10.0 Å². The molecule has 0 saturated carbocycles. The van der Waals surface area contributed by atoms with E-state index in [1.54, 1.807) is 26.0 Å². The number of sulfone groups is 1. The van der Waals surface area contributed by atoms with Crippen LogP contribution in [-0.4, -0.2) is 47.5 Å². The van der Waals surface area contributed by atoms with Gasteiger partial charge >= 0.3 is 5.97 Å². The van der Waals surface area contributed by atoms with Crippen molar-refractivity contribution in [3.05, 3.63) is 59.2 Å².